The minimum atomic E-state index is -4.51. The summed E-state index contributed by atoms with van der Waals surface area (Å²) in [5.41, 5.74) is -0.520. The van der Waals surface area contributed by atoms with Gasteiger partial charge in [-0.3, -0.25) is 4.79 Å². The molecule has 8 nitrogen and oxygen atoms in total. The van der Waals surface area contributed by atoms with E-state index >= 15 is 0 Å². The topological polar surface area (TPSA) is 111 Å². The van der Waals surface area contributed by atoms with Crippen molar-refractivity contribution in [2.24, 2.45) is 11.8 Å². The van der Waals surface area contributed by atoms with E-state index in [1.165, 1.54) is 19.9 Å². The number of carbonyl (C=O) groups is 1. The standard InChI is InChI=1S/C20H26F3N3O5S/c1-11-7-15(13-5-6-13)16(30-9-20(21,22)23)8-14(11)17(27)25-19(3,10-32(4,28)29)18-24-12(2)31-26-18/h8,11,13H,5-7,9-10H2,1-4H3,(H,25,27)/t11?,19-/m1/s1. The molecule has 1 heterocycles. The molecule has 1 saturated carbocycles. The Morgan fingerprint density at radius 2 is 2.00 bits per heavy atom. The van der Waals surface area contributed by atoms with Crippen molar-refractivity contribution in [3.8, 4) is 0 Å². The van der Waals surface area contributed by atoms with Crippen LogP contribution in [0.25, 0.3) is 0 Å². The van der Waals surface area contributed by atoms with E-state index in [4.69, 9.17) is 9.26 Å². The third-order valence-corrected chi connectivity index (χ3v) is 6.45. The van der Waals surface area contributed by atoms with Gasteiger partial charge in [0, 0.05) is 18.8 Å². The van der Waals surface area contributed by atoms with Crippen molar-refractivity contribution in [1.29, 1.82) is 0 Å². The Morgan fingerprint density at radius 1 is 1.34 bits per heavy atom. The number of rotatable bonds is 8. The number of alkyl halides is 3. The van der Waals surface area contributed by atoms with Gasteiger partial charge in [0.05, 0.1) is 5.75 Å². The Morgan fingerprint density at radius 3 is 2.50 bits per heavy atom. The van der Waals surface area contributed by atoms with E-state index in [2.05, 4.69) is 15.5 Å². The van der Waals surface area contributed by atoms with Gasteiger partial charge in [-0.1, -0.05) is 12.1 Å². The molecule has 0 bridgehead atoms. The molecule has 1 fully saturated rings. The molecule has 3 rings (SSSR count). The lowest BCUT2D eigenvalue weighted by Gasteiger charge is -2.30. The second-order valence-electron chi connectivity index (χ2n) is 8.77. The quantitative estimate of drug-likeness (QED) is 0.613. The molecular weight excluding hydrogens is 451 g/mol. The fraction of sp³-hybridized carbons (Fsp3) is 0.650. The lowest BCUT2D eigenvalue weighted by atomic mass is 9.84. The van der Waals surface area contributed by atoms with Crippen molar-refractivity contribution < 1.29 is 35.6 Å². The van der Waals surface area contributed by atoms with Gasteiger partial charge in [0.1, 0.15) is 21.1 Å². The molecule has 32 heavy (non-hydrogen) atoms. The van der Waals surface area contributed by atoms with E-state index in [0.717, 1.165) is 24.7 Å². The van der Waals surface area contributed by atoms with Gasteiger partial charge in [0.15, 0.2) is 12.4 Å². The molecule has 1 aromatic rings. The van der Waals surface area contributed by atoms with E-state index < -0.39 is 39.8 Å². The van der Waals surface area contributed by atoms with Gasteiger partial charge in [0.25, 0.3) is 0 Å². The number of halogens is 3. The molecule has 2 aliphatic carbocycles. The Labute approximate surface area is 184 Å². The molecule has 1 unspecified atom stereocenters. The Hall–Kier alpha value is -2.37. The lowest BCUT2D eigenvalue weighted by molar-refractivity contribution is -0.164. The molecule has 1 N–H and O–H groups in total. The molecule has 2 atom stereocenters. The van der Waals surface area contributed by atoms with E-state index in [-0.39, 0.29) is 34.9 Å². The number of carbonyl (C=O) groups excluding carboxylic acids is 1. The van der Waals surface area contributed by atoms with Crippen molar-refractivity contribution in [2.75, 3.05) is 18.6 Å². The fourth-order valence-corrected chi connectivity index (χ4v) is 5.08. The smallest absolute Gasteiger partial charge is 0.422 e. The summed E-state index contributed by atoms with van der Waals surface area (Å²) in [6, 6.07) is 0. The Kier molecular flexibility index (Phi) is 6.47. The molecule has 178 valence electrons. The fourth-order valence-electron chi connectivity index (χ4n) is 3.83. The predicted octanol–water partition coefficient (Wildman–Crippen LogP) is 2.96. The van der Waals surface area contributed by atoms with E-state index in [1.54, 1.807) is 6.92 Å². The lowest BCUT2D eigenvalue weighted by Crippen LogP contribution is -2.50. The van der Waals surface area contributed by atoms with Crippen LogP contribution in [0.5, 0.6) is 0 Å². The first-order chi connectivity index (χ1) is 14.7. The van der Waals surface area contributed by atoms with Crippen LogP contribution in [0.1, 0.15) is 44.8 Å². The minimum absolute atomic E-state index is 0.0133. The summed E-state index contributed by atoms with van der Waals surface area (Å²) in [7, 11) is -3.57. The molecule has 2 aliphatic rings. The zero-order valence-corrected chi connectivity index (χ0v) is 19.1. The highest BCUT2D eigenvalue weighted by Crippen LogP contribution is 2.45. The van der Waals surface area contributed by atoms with Crippen molar-refractivity contribution in [3.63, 3.8) is 0 Å². The van der Waals surface area contributed by atoms with Crippen LogP contribution in [-0.4, -0.2) is 49.3 Å². The highest BCUT2D eigenvalue weighted by molar-refractivity contribution is 7.90. The van der Waals surface area contributed by atoms with Crippen molar-refractivity contribution in [1.82, 2.24) is 15.5 Å². The molecule has 0 spiro atoms. The van der Waals surface area contributed by atoms with Crippen LogP contribution in [0.2, 0.25) is 0 Å². The van der Waals surface area contributed by atoms with Crippen LogP contribution in [0, 0.1) is 18.8 Å². The van der Waals surface area contributed by atoms with Crippen LogP contribution < -0.4 is 5.32 Å². The zero-order chi connectivity index (χ0) is 23.9. The first-order valence-corrected chi connectivity index (χ1v) is 12.2. The van der Waals surface area contributed by atoms with Crippen LogP contribution in [0.4, 0.5) is 13.2 Å². The molecule has 1 aromatic heterocycles. The van der Waals surface area contributed by atoms with Crippen molar-refractivity contribution in [2.45, 2.75) is 51.7 Å². The van der Waals surface area contributed by atoms with Crippen molar-refractivity contribution in [3.05, 3.63) is 34.7 Å². The normalized spacial score (nSPS) is 21.7. The van der Waals surface area contributed by atoms with Gasteiger partial charge in [-0.2, -0.15) is 18.2 Å². The number of ether oxygens (including phenoxy) is 1. The van der Waals surface area contributed by atoms with E-state index in [1.807, 2.05) is 0 Å². The first-order valence-electron chi connectivity index (χ1n) is 10.1. The van der Waals surface area contributed by atoms with Crippen LogP contribution in [-0.2, 0) is 24.9 Å². The number of nitrogens with zero attached hydrogens (tertiary/aromatic N) is 2. The maximum Gasteiger partial charge on any atom is 0.422 e. The number of allylic oxidation sites excluding steroid dienone is 2. The molecule has 0 saturated heterocycles. The molecule has 0 radical (unpaired) electrons. The third-order valence-electron chi connectivity index (χ3n) is 5.35. The van der Waals surface area contributed by atoms with Gasteiger partial charge in [-0.15, -0.1) is 0 Å². The molecule has 12 heteroatoms. The van der Waals surface area contributed by atoms with Crippen molar-refractivity contribution >= 4 is 15.7 Å². The average Bonchev–Trinajstić information content (AvgIpc) is 3.38. The summed E-state index contributed by atoms with van der Waals surface area (Å²) in [4.78, 5) is 17.2. The monoisotopic (exact) mass is 477 g/mol. The average molecular weight is 478 g/mol. The second-order valence-corrected chi connectivity index (χ2v) is 10.9. The number of sulfone groups is 1. The van der Waals surface area contributed by atoms with Gasteiger partial charge < -0.3 is 14.6 Å². The highest BCUT2D eigenvalue weighted by atomic mass is 32.2. The summed E-state index contributed by atoms with van der Waals surface area (Å²) < 4.78 is 72.2. The number of hydrogen-bond acceptors (Lipinski definition) is 7. The molecule has 0 aliphatic heterocycles. The minimum Gasteiger partial charge on any atom is -0.484 e. The number of aryl methyl sites for hydroxylation is 1. The summed E-state index contributed by atoms with van der Waals surface area (Å²) in [5, 5.41) is 6.42. The van der Waals surface area contributed by atoms with Crippen LogP contribution in [0.15, 0.2) is 27.5 Å². The molecular formula is C20H26F3N3O5S. The maximum absolute atomic E-state index is 13.2. The number of hydrogen-bond donors (Lipinski definition) is 1. The Balaban J connectivity index is 1.91. The number of aromatic nitrogens is 2. The highest BCUT2D eigenvalue weighted by Gasteiger charge is 2.40. The largest absolute Gasteiger partial charge is 0.484 e. The van der Waals surface area contributed by atoms with Gasteiger partial charge in [-0.25, -0.2) is 8.42 Å². The summed E-state index contributed by atoms with van der Waals surface area (Å²) in [6.07, 6.45) is -0.0155. The second kappa shape index (κ2) is 8.53. The van der Waals surface area contributed by atoms with Gasteiger partial charge in [0.2, 0.25) is 11.8 Å². The maximum atomic E-state index is 13.2. The third kappa shape index (κ3) is 6.11. The van der Waals surface area contributed by atoms with Gasteiger partial charge >= 0.3 is 6.18 Å². The van der Waals surface area contributed by atoms with E-state index in [9.17, 15) is 26.4 Å². The molecule has 1 amide bonds. The summed E-state index contributed by atoms with van der Waals surface area (Å²) in [5.74, 6) is -1.01. The van der Waals surface area contributed by atoms with Crippen LogP contribution >= 0.6 is 0 Å². The summed E-state index contributed by atoms with van der Waals surface area (Å²) in [6.45, 7) is 3.32. The van der Waals surface area contributed by atoms with E-state index in [0.29, 0.717) is 6.42 Å². The SMILES string of the molecule is Cc1nc([C@@](C)(CS(C)(=O)=O)NC(=O)C2=CC(OCC(F)(F)F)=C(C3CC3)CC2C)no1. The van der Waals surface area contributed by atoms with Crippen LogP contribution in [0.3, 0.4) is 0 Å². The zero-order valence-electron chi connectivity index (χ0n) is 18.2. The summed E-state index contributed by atoms with van der Waals surface area (Å²) >= 11 is 0. The number of amides is 1. The first kappa shape index (κ1) is 24.3. The predicted molar refractivity (Wildman–Crippen MR) is 108 cm³/mol. The number of nitrogens with one attached hydrogen (secondary N) is 1. The molecule has 0 aromatic carbocycles. The Bertz CT molecular complexity index is 1060. The van der Waals surface area contributed by atoms with Gasteiger partial charge in [-0.05, 0) is 49.7 Å².